The summed E-state index contributed by atoms with van der Waals surface area (Å²) in [7, 11) is 1.87. The average Bonchev–Trinajstić information content (AvgIpc) is 2.70. The van der Waals surface area contributed by atoms with Gasteiger partial charge in [-0.2, -0.15) is 5.10 Å². The Morgan fingerprint density at radius 1 is 1.67 bits per heavy atom. The van der Waals surface area contributed by atoms with Crippen LogP contribution in [0, 0.1) is 0 Å². The molecule has 2 rings (SSSR count). The van der Waals surface area contributed by atoms with E-state index in [-0.39, 0.29) is 12.3 Å². The van der Waals surface area contributed by atoms with Crippen LogP contribution in [0.2, 0.25) is 0 Å². The summed E-state index contributed by atoms with van der Waals surface area (Å²) in [6.07, 6.45) is 4.33. The van der Waals surface area contributed by atoms with E-state index >= 15 is 0 Å². The molecule has 0 saturated carbocycles. The summed E-state index contributed by atoms with van der Waals surface area (Å²) in [6.45, 7) is 1.14. The minimum absolute atomic E-state index is 0.0476. The molecule has 1 aromatic rings. The number of hydrogen-bond donors (Lipinski definition) is 1. The number of amides is 1. The molecule has 0 radical (unpaired) electrons. The zero-order valence-corrected chi connectivity index (χ0v) is 8.76. The average molecular weight is 209 g/mol. The summed E-state index contributed by atoms with van der Waals surface area (Å²) in [5.41, 5.74) is 1.12. The number of aromatic nitrogens is 2. The third-order valence-corrected chi connectivity index (χ3v) is 2.62. The van der Waals surface area contributed by atoms with Crippen molar-refractivity contribution in [2.45, 2.75) is 18.9 Å². The van der Waals surface area contributed by atoms with Gasteiger partial charge in [0, 0.05) is 26.3 Å². The lowest BCUT2D eigenvalue weighted by Gasteiger charge is -2.14. The van der Waals surface area contributed by atoms with Crippen molar-refractivity contribution in [2.24, 2.45) is 7.05 Å². The fraction of sp³-hybridized carbons (Fsp3) is 0.600. The van der Waals surface area contributed by atoms with Gasteiger partial charge in [0.15, 0.2) is 0 Å². The molecule has 15 heavy (non-hydrogen) atoms. The predicted molar refractivity (Wildman–Crippen MR) is 54.1 cm³/mol. The van der Waals surface area contributed by atoms with Crippen molar-refractivity contribution in [1.82, 2.24) is 14.7 Å². The van der Waals surface area contributed by atoms with Crippen LogP contribution in [0.15, 0.2) is 12.4 Å². The highest BCUT2D eigenvalue weighted by Crippen LogP contribution is 2.11. The molecule has 0 bridgehead atoms. The summed E-state index contributed by atoms with van der Waals surface area (Å²) >= 11 is 0. The molecule has 1 amide bonds. The highest BCUT2D eigenvalue weighted by atomic mass is 16.3. The Morgan fingerprint density at radius 3 is 3.00 bits per heavy atom. The second-order valence-electron chi connectivity index (χ2n) is 3.97. The summed E-state index contributed by atoms with van der Waals surface area (Å²) in [5.74, 6) is 0.0476. The highest BCUT2D eigenvalue weighted by molar-refractivity contribution is 5.78. The number of likely N-dealkylation sites (tertiary alicyclic amines) is 1. The van der Waals surface area contributed by atoms with Gasteiger partial charge in [-0.3, -0.25) is 9.48 Å². The van der Waals surface area contributed by atoms with Crippen molar-refractivity contribution < 1.29 is 9.90 Å². The first-order valence-corrected chi connectivity index (χ1v) is 5.08. The van der Waals surface area contributed by atoms with Crippen LogP contribution < -0.4 is 0 Å². The van der Waals surface area contributed by atoms with Gasteiger partial charge in [-0.25, -0.2) is 0 Å². The van der Waals surface area contributed by atoms with Gasteiger partial charge in [0.25, 0.3) is 0 Å². The van der Waals surface area contributed by atoms with Gasteiger partial charge in [0.05, 0.1) is 18.7 Å². The molecular formula is C10H15N3O2. The molecule has 82 valence electrons. The van der Waals surface area contributed by atoms with E-state index in [9.17, 15) is 9.90 Å². The zero-order valence-electron chi connectivity index (χ0n) is 8.76. The van der Waals surface area contributed by atoms with Crippen LogP contribution >= 0.6 is 0 Å². The van der Waals surface area contributed by atoms with E-state index < -0.39 is 6.10 Å². The number of aliphatic hydroxyl groups is 1. The lowest BCUT2D eigenvalue weighted by Crippen LogP contribution is -2.28. The first kappa shape index (κ1) is 10.2. The van der Waals surface area contributed by atoms with Gasteiger partial charge in [-0.05, 0) is 12.0 Å². The fourth-order valence-electron chi connectivity index (χ4n) is 1.83. The minimum Gasteiger partial charge on any atom is -0.391 e. The number of aliphatic hydroxyl groups excluding tert-OH is 1. The van der Waals surface area contributed by atoms with Crippen molar-refractivity contribution in [1.29, 1.82) is 0 Å². The van der Waals surface area contributed by atoms with E-state index in [1.807, 2.05) is 13.2 Å². The lowest BCUT2D eigenvalue weighted by atomic mass is 10.2. The van der Waals surface area contributed by atoms with Gasteiger partial charge in [-0.15, -0.1) is 0 Å². The Labute approximate surface area is 88.3 Å². The van der Waals surface area contributed by atoms with Crippen LogP contribution in [0.3, 0.4) is 0 Å². The standard InChI is InChI=1S/C10H15N3O2/c1-12-6-8(5-11-12)2-3-13-7-9(14)4-10(13)15/h5-6,9,14H,2-4,7H2,1H3. The third kappa shape index (κ3) is 2.36. The maximum Gasteiger partial charge on any atom is 0.225 e. The molecule has 0 aliphatic carbocycles. The molecule has 1 aromatic heterocycles. The van der Waals surface area contributed by atoms with Gasteiger partial charge in [0.2, 0.25) is 5.91 Å². The zero-order chi connectivity index (χ0) is 10.8. The Bertz CT molecular complexity index is 361. The van der Waals surface area contributed by atoms with Crippen molar-refractivity contribution in [3.8, 4) is 0 Å². The molecule has 1 saturated heterocycles. The molecule has 1 aliphatic rings. The number of carbonyl (C=O) groups excluding carboxylic acids is 1. The van der Waals surface area contributed by atoms with Crippen LogP contribution in [0.1, 0.15) is 12.0 Å². The maximum atomic E-state index is 11.4. The van der Waals surface area contributed by atoms with Crippen LogP contribution in [-0.4, -0.2) is 44.9 Å². The quantitative estimate of drug-likeness (QED) is 0.734. The van der Waals surface area contributed by atoms with Gasteiger partial charge >= 0.3 is 0 Å². The Kier molecular flexibility index (Phi) is 2.73. The Balaban J connectivity index is 1.86. The fourth-order valence-corrected chi connectivity index (χ4v) is 1.83. The first-order chi connectivity index (χ1) is 7.15. The van der Waals surface area contributed by atoms with Gasteiger partial charge in [-0.1, -0.05) is 0 Å². The van der Waals surface area contributed by atoms with Gasteiger partial charge < -0.3 is 10.0 Å². The molecule has 1 N–H and O–H groups in total. The third-order valence-electron chi connectivity index (χ3n) is 2.62. The molecule has 2 heterocycles. The summed E-state index contributed by atoms with van der Waals surface area (Å²) in [4.78, 5) is 13.1. The van der Waals surface area contributed by atoms with E-state index in [0.717, 1.165) is 12.0 Å². The summed E-state index contributed by atoms with van der Waals surface area (Å²) in [5, 5.41) is 13.4. The van der Waals surface area contributed by atoms with E-state index in [0.29, 0.717) is 13.1 Å². The normalized spacial score (nSPS) is 21.3. The maximum absolute atomic E-state index is 11.4. The molecule has 5 nitrogen and oxygen atoms in total. The second kappa shape index (κ2) is 4.02. The lowest BCUT2D eigenvalue weighted by molar-refractivity contribution is -0.127. The van der Waals surface area contributed by atoms with Crippen LogP contribution in [0.25, 0.3) is 0 Å². The molecule has 5 heteroatoms. The predicted octanol–water partition coefficient (Wildman–Crippen LogP) is -0.444. The molecular weight excluding hydrogens is 194 g/mol. The number of β-amino-alcohol motifs (C(OH)–C–C–N with tert-alkyl or cyclic N) is 1. The van der Waals surface area contributed by atoms with E-state index in [1.165, 1.54) is 0 Å². The second-order valence-corrected chi connectivity index (χ2v) is 3.97. The molecule has 1 unspecified atom stereocenters. The monoisotopic (exact) mass is 209 g/mol. The topological polar surface area (TPSA) is 58.4 Å². The SMILES string of the molecule is Cn1cc(CCN2CC(O)CC2=O)cn1. The highest BCUT2D eigenvalue weighted by Gasteiger charge is 2.27. The van der Waals surface area contributed by atoms with Crippen molar-refractivity contribution in [3.05, 3.63) is 18.0 Å². The number of nitrogens with zero attached hydrogens (tertiary/aromatic N) is 3. The molecule has 1 aliphatic heterocycles. The van der Waals surface area contributed by atoms with Crippen molar-refractivity contribution in [2.75, 3.05) is 13.1 Å². The molecule has 1 atom stereocenters. The first-order valence-electron chi connectivity index (χ1n) is 5.08. The Morgan fingerprint density at radius 2 is 2.47 bits per heavy atom. The summed E-state index contributed by atoms with van der Waals surface area (Å²) in [6, 6.07) is 0. The van der Waals surface area contributed by atoms with Crippen LogP contribution in [0.4, 0.5) is 0 Å². The minimum atomic E-state index is -0.480. The number of hydrogen-bond acceptors (Lipinski definition) is 3. The molecule has 1 fully saturated rings. The molecule has 0 aromatic carbocycles. The van der Waals surface area contributed by atoms with Crippen LogP contribution in [-0.2, 0) is 18.3 Å². The van der Waals surface area contributed by atoms with E-state index in [1.54, 1.807) is 15.8 Å². The van der Waals surface area contributed by atoms with Crippen LogP contribution in [0.5, 0.6) is 0 Å². The number of rotatable bonds is 3. The van der Waals surface area contributed by atoms with Gasteiger partial charge in [0.1, 0.15) is 0 Å². The number of aryl methyl sites for hydroxylation is 1. The van der Waals surface area contributed by atoms with E-state index in [2.05, 4.69) is 5.10 Å². The van der Waals surface area contributed by atoms with Crippen molar-refractivity contribution in [3.63, 3.8) is 0 Å². The van der Waals surface area contributed by atoms with Crippen molar-refractivity contribution >= 4 is 5.91 Å². The Hall–Kier alpha value is -1.36. The number of carbonyl (C=O) groups is 1. The smallest absolute Gasteiger partial charge is 0.225 e. The largest absolute Gasteiger partial charge is 0.391 e. The summed E-state index contributed by atoms with van der Waals surface area (Å²) < 4.78 is 1.75. The van der Waals surface area contributed by atoms with E-state index in [4.69, 9.17) is 0 Å². The molecule has 0 spiro atoms.